The van der Waals surface area contributed by atoms with E-state index < -0.39 is 23.9 Å². The second-order valence-corrected chi connectivity index (χ2v) is 5.34. The molecule has 2 N–H and O–H groups in total. The van der Waals surface area contributed by atoms with Crippen molar-refractivity contribution in [2.75, 3.05) is 18.5 Å². The number of hydrogen-bond acceptors (Lipinski definition) is 5. The van der Waals surface area contributed by atoms with E-state index in [0.717, 1.165) is 23.1 Å². The Labute approximate surface area is 136 Å². The first kappa shape index (κ1) is 17.3. The van der Waals surface area contributed by atoms with Crippen LogP contribution in [-0.4, -0.2) is 41.3 Å². The SMILES string of the molecule is O=C1C=C(Nc2cc(Br)cc(OC(F)(F)F)c2)C(=O)N1CCO. The van der Waals surface area contributed by atoms with Crippen LogP contribution in [0.2, 0.25) is 0 Å². The topological polar surface area (TPSA) is 78.9 Å². The zero-order valence-electron chi connectivity index (χ0n) is 11.4. The third-order valence-electron chi connectivity index (χ3n) is 2.72. The summed E-state index contributed by atoms with van der Waals surface area (Å²) in [5, 5.41) is 11.4. The molecular formula is C13H10BrF3N2O4. The van der Waals surface area contributed by atoms with Gasteiger partial charge in [0.05, 0.1) is 13.2 Å². The maximum atomic E-state index is 12.3. The number of imide groups is 1. The molecule has 0 saturated heterocycles. The molecular weight excluding hydrogens is 385 g/mol. The molecule has 0 spiro atoms. The van der Waals surface area contributed by atoms with Gasteiger partial charge in [-0.05, 0) is 12.1 Å². The zero-order chi connectivity index (χ0) is 17.2. The van der Waals surface area contributed by atoms with Gasteiger partial charge in [0.15, 0.2) is 0 Å². The summed E-state index contributed by atoms with van der Waals surface area (Å²) in [7, 11) is 0. The van der Waals surface area contributed by atoms with E-state index >= 15 is 0 Å². The van der Waals surface area contributed by atoms with Gasteiger partial charge >= 0.3 is 6.36 Å². The van der Waals surface area contributed by atoms with Crippen molar-refractivity contribution < 1.29 is 32.6 Å². The normalized spacial score (nSPS) is 15.0. The molecule has 1 heterocycles. The van der Waals surface area contributed by atoms with E-state index in [1.165, 1.54) is 6.07 Å². The molecule has 0 unspecified atom stereocenters. The maximum Gasteiger partial charge on any atom is 0.573 e. The molecule has 23 heavy (non-hydrogen) atoms. The molecule has 124 valence electrons. The number of amides is 2. The van der Waals surface area contributed by atoms with E-state index in [-0.39, 0.29) is 29.0 Å². The number of nitrogens with zero attached hydrogens (tertiary/aromatic N) is 1. The van der Waals surface area contributed by atoms with Crippen molar-refractivity contribution in [3.05, 3.63) is 34.4 Å². The third kappa shape index (κ3) is 4.45. The van der Waals surface area contributed by atoms with Crippen LogP contribution in [0, 0.1) is 0 Å². The minimum Gasteiger partial charge on any atom is -0.406 e. The molecule has 0 atom stereocenters. The van der Waals surface area contributed by atoms with Gasteiger partial charge in [-0.15, -0.1) is 13.2 Å². The second-order valence-electron chi connectivity index (χ2n) is 4.43. The Hall–Kier alpha value is -2.07. The van der Waals surface area contributed by atoms with E-state index in [1.807, 2.05) is 0 Å². The first-order chi connectivity index (χ1) is 10.7. The van der Waals surface area contributed by atoms with Crippen LogP contribution < -0.4 is 10.1 Å². The van der Waals surface area contributed by atoms with E-state index in [1.54, 1.807) is 0 Å². The highest BCUT2D eigenvalue weighted by Gasteiger charge is 2.32. The fourth-order valence-electron chi connectivity index (χ4n) is 1.89. The van der Waals surface area contributed by atoms with Crippen LogP contribution in [0.15, 0.2) is 34.4 Å². The summed E-state index contributed by atoms with van der Waals surface area (Å²) in [5.41, 5.74) is 0.0105. The molecule has 10 heteroatoms. The van der Waals surface area contributed by atoms with Crippen LogP contribution in [0.4, 0.5) is 18.9 Å². The average Bonchev–Trinajstić information content (AvgIpc) is 2.64. The van der Waals surface area contributed by atoms with Gasteiger partial charge in [-0.3, -0.25) is 14.5 Å². The Morgan fingerprint density at radius 3 is 2.57 bits per heavy atom. The molecule has 0 bridgehead atoms. The van der Waals surface area contributed by atoms with Crippen molar-refractivity contribution in [3.8, 4) is 5.75 Å². The van der Waals surface area contributed by atoms with Gasteiger partial charge in [0, 0.05) is 22.3 Å². The molecule has 0 radical (unpaired) electrons. The fourth-order valence-corrected chi connectivity index (χ4v) is 2.37. The molecule has 2 amide bonds. The van der Waals surface area contributed by atoms with E-state index in [9.17, 15) is 22.8 Å². The molecule has 1 aliphatic rings. The molecule has 0 fully saturated rings. The van der Waals surface area contributed by atoms with Gasteiger partial charge in [-0.2, -0.15) is 0 Å². The smallest absolute Gasteiger partial charge is 0.406 e. The fraction of sp³-hybridized carbons (Fsp3) is 0.231. The number of hydrogen-bond donors (Lipinski definition) is 2. The zero-order valence-corrected chi connectivity index (χ0v) is 12.9. The number of nitrogens with one attached hydrogen (secondary N) is 1. The lowest BCUT2D eigenvalue weighted by Gasteiger charge is -2.14. The largest absolute Gasteiger partial charge is 0.573 e. The standard InChI is InChI=1S/C13H10BrF3N2O4/c14-7-3-8(5-9(4-7)23-13(15,16)17)18-10-6-11(21)19(1-2-20)12(10)22/h3-6,18,20H,1-2H2. The number of halogens is 4. The Balaban J connectivity index is 2.19. The third-order valence-corrected chi connectivity index (χ3v) is 3.17. The van der Waals surface area contributed by atoms with Crippen molar-refractivity contribution in [2.45, 2.75) is 6.36 Å². The van der Waals surface area contributed by atoms with E-state index in [0.29, 0.717) is 0 Å². The van der Waals surface area contributed by atoms with Crippen molar-refractivity contribution >= 4 is 33.4 Å². The first-order valence-electron chi connectivity index (χ1n) is 6.21. The van der Waals surface area contributed by atoms with E-state index in [4.69, 9.17) is 5.11 Å². The molecule has 1 aromatic carbocycles. The van der Waals surface area contributed by atoms with Gasteiger partial charge < -0.3 is 15.2 Å². The predicted octanol–water partition coefficient (Wildman–Crippen LogP) is 2.00. The number of rotatable bonds is 5. The molecule has 0 saturated carbocycles. The number of anilines is 1. The molecule has 0 aromatic heterocycles. The quantitative estimate of drug-likeness (QED) is 0.746. The summed E-state index contributed by atoms with van der Waals surface area (Å²) in [4.78, 5) is 24.4. The number of β-amino-alcohol motifs (C(OH)–C–C–N with tert-alkyl or cyclic N) is 1. The van der Waals surface area contributed by atoms with Crippen LogP contribution in [0.5, 0.6) is 5.75 Å². The molecule has 1 aliphatic heterocycles. The number of aliphatic hydroxyl groups is 1. The highest BCUT2D eigenvalue weighted by Crippen LogP contribution is 2.30. The van der Waals surface area contributed by atoms with Crippen LogP contribution in [0.25, 0.3) is 0 Å². The van der Waals surface area contributed by atoms with Crippen molar-refractivity contribution in [3.63, 3.8) is 0 Å². The number of benzene rings is 1. The Bertz CT molecular complexity index is 676. The number of carbonyl (C=O) groups excluding carboxylic acids is 2. The minimum atomic E-state index is -4.85. The van der Waals surface area contributed by atoms with Crippen molar-refractivity contribution in [1.82, 2.24) is 4.90 Å². The van der Waals surface area contributed by atoms with Crippen molar-refractivity contribution in [1.29, 1.82) is 0 Å². The van der Waals surface area contributed by atoms with Crippen LogP contribution in [0.3, 0.4) is 0 Å². The van der Waals surface area contributed by atoms with Gasteiger partial charge in [-0.25, -0.2) is 0 Å². The second kappa shape index (κ2) is 6.59. The van der Waals surface area contributed by atoms with E-state index in [2.05, 4.69) is 26.0 Å². The first-order valence-corrected chi connectivity index (χ1v) is 7.00. The van der Waals surface area contributed by atoms with Crippen molar-refractivity contribution in [2.24, 2.45) is 0 Å². The summed E-state index contributed by atoms with van der Waals surface area (Å²) in [5.74, 6) is -1.78. The van der Waals surface area contributed by atoms with Gasteiger partial charge in [0.25, 0.3) is 11.8 Å². The average molecular weight is 395 g/mol. The number of carbonyl (C=O) groups is 2. The molecule has 6 nitrogen and oxygen atoms in total. The summed E-state index contributed by atoms with van der Waals surface area (Å²) in [6.07, 6.45) is -3.85. The summed E-state index contributed by atoms with van der Waals surface area (Å²) >= 11 is 3.03. The van der Waals surface area contributed by atoms with Crippen LogP contribution in [-0.2, 0) is 9.59 Å². The number of aliphatic hydroxyl groups excluding tert-OH is 1. The van der Waals surface area contributed by atoms with Crippen LogP contribution in [0.1, 0.15) is 0 Å². The monoisotopic (exact) mass is 394 g/mol. The highest BCUT2D eigenvalue weighted by molar-refractivity contribution is 9.10. The lowest BCUT2D eigenvalue weighted by molar-refractivity contribution is -0.274. The predicted molar refractivity (Wildman–Crippen MR) is 76.3 cm³/mol. The van der Waals surface area contributed by atoms with Gasteiger partial charge in [0.1, 0.15) is 11.4 Å². The van der Waals surface area contributed by atoms with Gasteiger partial charge in [-0.1, -0.05) is 15.9 Å². The summed E-state index contributed by atoms with van der Waals surface area (Å²) in [6, 6.07) is 3.55. The van der Waals surface area contributed by atoms with Gasteiger partial charge in [0.2, 0.25) is 0 Å². The Morgan fingerprint density at radius 2 is 1.96 bits per heavy atom. The van der Waals surface area contributed by atoms with Crippen LogP contribution >= 0.6 is 15.9 Å². The lowest BCUT2D eigenvalue weighted by Crippen LogP contribution is -2.34. The Morgan fingerprint density at radius 1 is 1.26 bits per heavy atom. The molecule has 2 rings (SSSR count). The minimum absolute atomic E-state index is 0.112. The maximum absolute atomic E-state index is 12.3. The molecule has 0 aliphatic carbocycles. The highest BCUT2D eigenvalue weighted by atomic mass is 79.9. The Kier molecular flexibility index (Phi) is 4.95. The summed E-state index contributed by atoms with van der Waals surface area (Å²) in [6.45, 7) is -0.556. The summed E-state index contributed by atoms with van der Waals surface area (Å²) < 4.78 is 40.9. The molecule has 1 aromatic rings. The number of alkyl halides is 3. The number of ether oxygens (including phenoxy) is 1. The lowest BCUT2D eigenvalue weighted by atomic mass is 10.3.